The lowest BCUT2D eigenvalue weighted by atomic mass is 9.63. The number of unbranched alkanes of at least 4 members (excludes halogenated alkanes) is 1. The Morgan fingerprint density at radius 1 is 0.857 bits per heavy atom. The van der Waals surface area contributed by atoms with Crippen molar-refractivity contribution in [3.8, 4) is 0 Å². The number of methoxy groups -OCH3 is 2. The van der Waals surface area contributed by atoms with E-state index in [1.54, 1.807) is 0 Å². The molecule has 0 fully saturated rings. The Hall–Kier alpha value is -2.89. The van der Waals surface area contributed by atoms with Gasteiger partial charge < -0.3 is 14.2 Å². The Morgan fingerprint density at radius 2 is 1.43 bits per heavy atom. The van der Waals surface area contributed by atoms with Crippen molar-refractivity contribution in [2.24, 2.45) is 5.41 Å². The van der Waals surface area contributed by atoms with Gasteiger partial charge in [0.1, 0.15) is 6.61 Å². The quantitative estimate of drug-likeness (QED) is 0.301. The molecular formula is C29H34O6. The Balaban J connectivity index is 1.60. The lowest BCUT2D eigenvalue weighted by Gasteiger charge is -2.41. The van der Waals surface area contributed by atoms with Crippen LogP contribution in [0.15, 0.2) is 56.2 Å². The minimum atomic E-state index is -1.31. The number of carbonyl (C=O) groups is 3. The molecule has 0 aromatic carbocycles. The first-order valence-electron chi connectivity index (χ1n) is 12.9. The molecule has 0 aromatic heterocycles. The fourth-order valence-electron chi connectivity index (χ4n) is 6.74. The van der Waals surface area contributed by atoms with E-state index < -0.39 is 17.4 Å². The standard InChI is InChI=1S/C29H34O6/c1-4-5-6-23-22-12-9-19-18-8-7-17-13-14-29(27(31)33-2,28(32)34-3)15-24(17)20(18)10-11-21(19)25(22)16-35-26(23)30/h13H,4-12,14-16H2,1-3H3. The molecule has 4 aliphatic carbocycles. The smallest absolute Gasteiger partial charge is 0.334 e. The van der Waals surface area contributed by atoms with Crippen LogP contribution in [0.2, 0.25) is 0 Å². The molecule has 0 saturated carbocycles. The molecule has 0 amide bonds. The fraction of sp³-hybridized carbons (Fsp3) is 0.552. The number of fused-ring (bicyclic) bond motifs is 4. The molecule has 5 aliphatic rings. The fourth-order valence-corrected chi connectivity index (χ4v) is 6.74. The van der Waals surface area contributed by atoms with Crippen molar-refractivity contribution in [3.05, 3.63) is 56.2 Å². The lowest BCUT2D eigenvalue weighted by Crippen LogP contribution is -2.43. The highest BCUT2D eigenvalue weighted by Crippen LogP contribution is 2.54. The van der Waals surface area contributed by atoms with E-state index in [0.29, 0.717) is 19.4 Å². The number of carbonyl (C=O) groups excluding carboxylic acids is 3. The number of esters is 3. The summed E-state index contributed by atoms with van der Waals surface area (Å²) in [5.41, 5.74) is 9.86. The van der Waals surface area contributed by atoms with Crippen LogP contribution >= 0.6 is 0 Å². The molecule has 6 heteroatoms. The summed E-state index contributed by atoms with van der Waals surface area (Å²) in [5, 5.41) is 0. The third-order valence-electron chi connectivity index (χ3n) is 8.53. The monoisotopic (exact) mass is 478 g/mol. The number of cyclic esters (lactones) is 1. The van der Waals surface area contributed by atoms with Crippen LogP contribution in [0.1, 0.15) is 77.6 Å². The van der Waals surface area contributed by atoms with Gasteiger partial charge >= 0.3 is 17.9 Å². The van der Waals surface area contributed by atoms with Gasteiger partial charge in [-0.3, -0.25) is 9.59 Å². The van der Waals surface area contributed by atoms with E-state index in [9.17, 15) is 14.4 Å². The summed E-state index contributed by atoms with van der Waals surface area (Å²) in [7, 11) is 2.66. The molecule has 0 radical (unpaired) electrons. The van der Waals surface area contributed by atoms with Gasteiger partial charge in [0, 0.05) is 12.0 Å². The molecule has 186 valence electrons. The maximum atomic E-state index is 12.8. The summed E-state index contributed by atoms with van der Waals surface area (Å²) in [6.07, 6.45) is 11.0. The molecule has 0 unspecified atom stereocenters. The van der Waals surface area contributed by atoms with Crippen LogP contribution < -0.4 is 0 Å². The van der Waals surface area contributed by atoms with E-state index in [2.05, 4.69) is 13.0 Å². The highest BCUT2D eigenvalue weighted by atomic mass is 16.5. The second-order valence-corrected chi connectivity index (χ2v) is 10.2. The van der Waals surface area contributed by atoms with Crippen molar-refractivity contribution >= 4 is 17.9 Å². The second kappa shape index (κ2) is 9.29. The van der Waals surface area contributed by atoms with E-state index in [0.717, 1.165) is 68.9 Å². The van der Waals surface area contributed by atoms with Crippen LogP contribution in [0.5, 0.6) is 0 Å². The molecule has 6 nitrogen and oxygen atoms in total. The van der Waals surface area contributed by atoms with Gasteiger partial charge in [-0.25, -0.2) is 4.79 Å². The molecule has 0 N–H and O–H groups in total. The highest BCUT2D eigenvalue weighted by molar-refractivity contribution is 6.01. The first kappa shape index (κ1) is 23.8. The summed E-state index contributed by atoms with van der Waals surface area (Å²) in [5.74, 6) is -1.19. The maximum absolute atomic E-state index is 12.8. The Kier molecular flexibility index (Phi) is 6.32. The van der Waals surface area contributed by atoms with Crippen LogP contribution in [0.25, 0.3) is 0 Å². The van der Waals surface area contributed by atoms with Crippen LogP contribution in [0.3, 0.4) is 0 Å². The molecule has 1 heterocycles. The number of ether oxygens (including phenoxy) is 3. The summed E-state index contributed by atoms with van der Waals surface area (Å²) in [6.45, 7) is 2.52. The Bertz CT molecular complexity index is 1140. The maximum Gasteiger partial charge on any atom is 0.334 e. The largest absolute Gasteiger partial charge is 0.468 e. The van der Waals surface area contributed by atoms with Crippen molar-refractivity contribution < 1.29 is 28.6 Å². The summed E-state index contributed by atoms with van der Waals surface area (Å²) < 4.78 is 15.8. The number of allylic oxidation sites excluding steroid dienone is 7. The molecule has 0 spiro atoms. The van der Waals surface area contributed by atoms with Gasteiger partial charge in [0.2, 0.25) is 0 Å². The van der Waals surface area contributed by atoms with Crippen molar-refractivity contribution in [2.45, 2.75) is 77.6 Å². The molecule has 1 aliphatic heterocycles. The third-order valence-corrected chi connectivity index (χ3v) is 8.53. The van der Waals surface area contributed by atoms with E-state index in [1.807, 2.05) is 0 Å². The van der Waals surface area contributed by atoms with E-state index in [4.69, 9.17) is 14.2 Å². The van der Waals surface area contributed by atoms with Gasteiger partial charge in [-0.2, -0.15) is 0 Å². The first-order chi connectivity index (χ1) is 16.9. The van der Waals surface area contributed by atoms with Gasteiger partial charge in [0.25, 0.3) is 0 Å². The van der Waals surface area contributed by atoms with Crippen LogP contribution in [-0.4, -0.2) is 38.7 Å². The molecule has 5 rings (SSSR count). The number of rotatable bonds is 5. The second-order valence-electron chi connectivity index (χ2n) is 10.2. The average Bonchev–Trinajstić information content (AvgIpc) is 2.90. The minimum Gasteiger partial charge on any atom is -0.468 e. The van der Waals surface area contributed by atoms with E-state index in [1.165, 1.54) is 53.2 Å². The zero-order valence-corrected chi connectivity index (χ0v) is 21.0. The van der Waals surface area contributed by atoms with Crippen LogP contribution in [0, 0.1) is 5.41 Å². The van der Waals surface area contributed by atoms with Crippen molar-refractivity contribution in [2.75, 3.05) is 20.8 Å². The van der Waals surface area contributed by atoms with Gasteiger partial charge in [-0.15, -0.1) is 0 Å². The zero-order chi connectivity index (χ0) is 24.7. The van der Waals surface area contributed by atoms with Gasteiger partial charge in [-0.05, 0) is 102 Å². The number of hydrogen-bond acceptors (Lipinski definition) is 6. The van der Waals surface area contributed by atoms with E-state index in [-0.39, 0.29) is 5.97 Å². The zero-order valence-electron chi connectivity index (χ0n) is 21.0. The molecule has 0 bridgehead atoms. The average molecular weight is 479 g/mol. The molecule has 0 aromatic rings. The minimum absolute atomic E-state index is 0.135. The van der Waals surface area contributed by atoms with E-state index >= 15 is 0 Å². The van der Waals surface area contributed by atoms with Crippen molar-refractivity contribution in [1.29, 1.82) is 0 Å². The lowest BCUT2D eigenvalue weighted by molar-refractivity contribution is -0.169. The number of hydrogen-bond donors (Lipinski definition) is 0. The summed E-state index contributed by atoms with van der Waals surface area (Å²) >= 11 is 0. The Morgan fingerprint density at radius 3 is 2.06 bits per heavy atom. The van der Waals surface area contributed by atoms with Crippen LogP contribution in [0.4, 0.5) is 0 Å². The third kappa shape index (κ3) is 3.73. The van der Waals surface area contributed by atoms with Gasteiger partial charge in [0.05, 0.1) is 14.2 Å². The van der Waals surface area contributed by atoms with Gasteiger partial charge in [-0.1, -0.05) is 19.4 Å². The molecule has 35 heavy (non-hydrogen) atoms. The van der Waals surface area contributed by atoms with Crippen LogP contribution in [-0.2, 0) is 28.6 Å². The summed E-state index contributed by atoms with van der Waals surface area (Å²) in [4.78, 5) is 38.1. The normalized spacial score (nSPS) is 23.1. The predicted molar refractivity (Wildman–Crippen MR) is 130 cm³/mol. The topological polar surface area (TPSA) is 78.9 Å². The summed E-state index contributed by atoms with van der Waals surface area (Å²) in [6, 6.07) is 0. The molecular weight excluding hydrogens is 444 g/mol. The van der Waals surface area contributed by atoms with Gasteiger partial charge in [0.15, 0.2) is 5.41 Å². The highest BCUT2D eigenvalue weighted by Gasteiger charge is 2.51. The van der Waals surface area contributed by atoms with Crippen molar-refractivity contribution in [1.82, 2.24) is 0 Å². The van der Waals surface area contributed by atoms with Crippen molar-refractivity contribution in [3.63, 3.8) is 0 Å². The first-order valence-corrected chi connectivity index (χ1v) is 12.9. The molecule has 0 saturated heterocycles. The Labute approximate surface area is 206 Å². The SMILES string of the molecule is CCCCC1=C2CCC3=C4CCC5=CCC(C(=O)OC)(C(=O)OC)CC5=C4CCC3=C2COC1=O. The predicted octanol–water partition coefficient (Wildman–Crippen LogP) is 5.35. The molecule has 0 atom stereocenters.